The van der Waals surface area contributed by atoms with Crippen LogP contribution in [0.2, 0.25) is 0 Å². The number of aryl methyl sites for hydroxylation is 1. The largest absolute Gasteiger partial charge is 0.491 e. The van der Waals surface area contributed by atoms with Gasteiger partial charge in [0.1, 0.15) is 17.1 Å². The lowest BCUT2D eigenvalue weighted by molar-refractivity contribution is -0.139. The van der Waals surface area contributed by atoms with Gasteiger partial charge in [-0.2, -0.15) is 13.2 Å². The van der Waals surface area contributed by atoms with Crippen molar-refractivity contribution in [3.63, 3.8) is 0 Å². The number of alkyl halides is 3. The summed E-state index contributed by atoms with van der Waals surface area (Å²) in [7, 11) is 0. The summed E-state index contributed by atoms with van der Waals surface area (Å²) in [6.45, 7) is 12.8. The van der Waals surface area contributed by atoms with E-state index in [2.05, 4.69) is 23.8 Å². The molecule has 3 aromatic rings. The number of ether oxygens (including phenoxy) is 1. The Kier molecular flexibility index (Phi) is 11.6. The maximum absolute atomic E-state index is 14.1. The number of benzene rings is 1. The number of aromatic nitrogens is 2. The summed E-state index contributed by atoms with van der Waals surface area (Å²) in [5.41, 5.74) is 1.31. The first-order valence-electron chi connectivity index (χ1n) is 15.0. The van der Waals surface area contributed by atoms with Crippen LogP contribution >= 0.6 is 0 Å². The van der Waals surface area contributed by atoms with Gasteiger partial charge in [0.15, 0.2) is 0 Å². The van der Waals surface area contributed by atoms with Crippen LogP contribution in [0.1, 0.15) is 76.3 Å². The zero-order valence-electron chi connectivity index (χ0n) is 26.8. The van der Waals surface area contributed by atoms with Crippen LogP contribution < -0.4 is 9.64 Å². The second kappa shape index (κ2) is 14.6. The van der Waals surface area contributed by atoms with Crippen molar-refractivity contribution in [1.82, 2.24) is 9.97 Å². The van der Waals surface area contributed by atoms with E-state index >= 15 is 0 Å². The highest BCUT2D eigenvalue weighted by Gasteiger charge is 2.36. The summed E-state index contributed by atoms with van der Waals surface area (Å²) in [6.07, 6.45) is 0.293. The number of hydrogen-bond donors (Lipinski definition) is 2. The van der Waals surface area contributed by atoms with Gasteiger partial charge in [0.25, 0.3) is 0 Å². The first-order chi connectivity index (χ1) is 20.9. The highest BCUT2D eigenvalue weighted by Crippen LogP contribution is 2.42. The Morgan fingerprint density at radius 2 is 1.67 bits per heavy atom. The SMILES string of the molecule is CCC(C)(C)O.Cc1ncc(-c2cc(C(F)(F)F)c(OCCc3ccc(F)cc3)cn2)c(N2CCC(C)(C)CC2)c1CC(=O)O. The lowest BCUT2D eigenvalue weighted by atomic mass is 9.82. The molecule has 3 heterocycles. The average Bonchev–Trinajstić information content (AvgIpc) is 2.95. The maximum Gasteiger partial charge on any atom is 0.420 e. The van der Waals surface area contributed by atoms with Crippen LogP contribution in [0.25, 0.3) is 11.3 Å². The predicted molar refractivity (Wildman–Crippen MR) is 166 cm³/mol. The molecule has 0 aliphatic carbocycles. The molecule has 45 heavy (non-hydrogen) atoms. The molecule has 1 aliphatic rings. The normalized spacial score (nSPS) is 14.9. The number of pyridine rings is 2. The summed E-state index contributed by atoms with van der Waals surface area (Å²) < 4.78 is 61.0. The van der Waals surface area contributed by atoms with Gasteiger partial charge in [0.05, 0.1) is 36.2 Å². The van der Waals surface area contributed by atoms with Crippen LogP contribution in [0.5, 0.6) is 5.75 Å². The molecule has 0 unspecified atom stereocenters. The summed E-state index contributed by atoms with van der Waals surface area (Å²) in [6, 6.07) is 6.59. The molecule has 0 atom stereocenters. The van der Waals surface area contributed by atoms with Gasteiger partial charge in [-0.1, -0.05) is 32.9 Å². The number of rotatable bonds is 9. The Balaban J connectivity index is 0.000000838. The minimum Gasteiger partial charge on any atom is -0.491 e. The molecule has 2 aromatic heterocycles. The van der Waals surface area contributed by atoms with Crippen LogP contribution in [-0.2, 0) is 23.8 Å². The van der Waals surface area contributed by atoms with Crippen LogP contribution in [0.15, 0.2) is 42.7 Å². The summed E-state index contributed by atoms with van der Waals surface area (Å²) >= 11 is 0. The second-order valence-electron chi connectivity index (χ2n) is 12.8. The molecular weight excluding hydrogens is 590 g/mol. The molecule has 4 rings (SSSR count). The van der Waals surface area contributed by atoms with Crippen LogP contribution in [-0.4, -0.2) is 51.4 Å². The van der Waals surface area contributed by atoms with E-state index in [1.165, 1.54) is 18.3 Å². The van der Waals surface area contributed by atoms with Crippen LogP contribution in [0.4, 0.5) is 23.2 Å². The summed E-state index contributed by atoms with van der Waals surface area (Å²) in [4.78, 5) is 22.4. The Morgan fingerprint density at radius 3 is 2.20 bits per heavy atom. The van der Waals surface area contributed by atoms with E-state index in [-0.39, 0.29) is 30.6 Å². The first-order valence-corrected chi connectivity index (χ1v) is 15.0. The fourth-order valence-corrected chi connectivity index (χ4v) is 4.74. The summed E-state index contributed by atoms with van der Waals surface area (Å²) in [5, 5.41) is 18.4. The number of aliphatic hydroxyl groups is 1. The molecular formula is C34H43F4N3O4. The monoisotopic (exact) mass is 633 g/mol. The molecule has 1 fully saturated rings. The number of nitrogens with zero attached hydrogens (tertiary/aromatic N) is 3. The highest BCUT2D eigenvalue weighted by atomic mass is 19.4. The zero-order chi connectivity index (χ0) is 33.6. The Bertz CT molecular complexity index is 1440. The molecule has 0 amide bonds. The molecule has 11 heteroatoms. The van der Waals surface area contributed by atoms with Crippen molar-refractivity contribution < 1.29 is 37.3 Å². The van der Waals surface area contributed by atoms with Gasteiger partial charge >= 0.3 is 12.1 Å². The minimum absolute atomic E-state index is 0.0344. The molecule has 246 valence electrons. The third kappa shape index (κ3) is 10.4. The highest BCUT2D eigenvalue weighted by molar-refractivity contribution is 5.83. The van der Waals surface area contributed by atoms with Gasteiger partial charge in [0, 0.05) is 42.5 Å². The number of carbonyl (C=O) groups is 1. The Hall–Kier alpha value is -3.73. The maximum atomic E-state index is 14.1. The van der Waals surface area contributed by atoms with Crippen molar-refractivity contribution >= 4 is 11.7 Å². The van der Waals surface area contributed by atoms with E-state index < -0.39 is 34.9 Å². The van der Waals surface area contributed by atoms with Gasteiger partial charge in [-0.25, -0.2) is 4.39 Å². The third-order valence-electron chi connectivity index (χ3n) is 8.00. The van der Waals surface area contributed by atoms with Crippen molar-refractivity contribution in [2.24, 2.45) is 5.41 Å². The van der Waals surface area contributed by atoms with E-state index in [1.807, 2.05) is 11.8 Å². The Labute approximate surface area is 262 Å². The fraction of sp³-hybridized carbons (Fsp3) is 0.500. The molecule has 1 aromatic carbocycles. The number of aliphatic carboxylic acids is 1. The number of halogens is 4. The molecule has 0 spiro atoms. The molecule has 7 nitrogen and oxygen atoms in total. The van der Waals surface area contributed by atoms with E-state index in [0.717, 1.165) is 37.1 Å². The van der Waals surface area contributed by atoms with E-state index in [9.17, 15) is 27.5 Å². The molecule has 0 bridgehead atoms. The van der Waals surface area contributed by atoms with Gasteiger partial charge in [-0.15, -0.1) is 0 Å². The van der Waals surface area contributed by atoms with Crippen LogP contribution in [0.3, 0.4) is 0 Å². The number of piperidine rings is 1. The van der Waals surface area contributed by atoms with Crippen molar-refractivity contribution in [2.75, 3.05) is 24.6 Å². The van der Waals surface area contributed by atoms with Gasteiger partial charge in [-0.05, 0) is 69.2 Å². The molecule has 0 saturated carbocycles. The second-order valence-corrected chi connectivity index (χ2v) is 12.8. The average molecular weight is 634 g/mol. The lowest BCUT2D eigenvalue weighted by Crippen LogP contribution is -2.38. The van der Waals surface area contributed by atoms with Crippen molar-refractivity contribution in [2.45, 2.75) is 85.4 Å². The van der Waals surface area contributed by atoms with Crippen molar-refractivity contribution in [1.29, 1.82) is 0 Å². The van der Waals surface area contributed by atoms with Gasteiger partial charge in [-0.3, -0.25) is 14.8 Å². The predicted octanol–water partition coefficient (Wildman–Crippen LogP) is 7.65. The van der Waals surface area contributed by atoms with Crippen molar-refractivity contribution in [3.05, 3.63) is 70.9 Å². The standard InChI is InChI=1S/C29H31F4N3O3.C5H12O/c1-18-21(14-26(37)38)27(36-11-9-28(2,3)10-12-36)22(16-34-18)24-15-23(29(31,32)33)25(17-35-24)39-13-8-19-4-6-20(30)7-5-19;1-4-5(2,3)6/h4-7,15-17H,8-14H2,1-3H3,(H,37,38);6H,4H2,1-3H3. The third-order valence-corrected chi connectivity index (χ3v) is 8.00. The Morgan fingerprint density at radius 1 is 1.07 bits per heavy atom. The number of anilines is 1. The molecule has 1 saturated heterocycles. The molecule has 2 N–H and O–H groups in total. The minimum atomic E-state index is -4.72. The smallest absolute Gasteiger partial charge is 0.420 e. The number of carboxylic acids is 1. The van der Waals surface area contributed by atoms with E-state index in [4.69, 9.17) is 9.84 Å². The molecule has 0 radical (unpaired) electrons. The van der Waals surface area contributed by atoms with E-state index in [1.54, 1.807) is 32.9 Å². The van der Waals surface area contributed by atoms with Gasteiger partial charge < -0.3 is 19.8 Å². The molecule has 1 aliphatic heterocycles. The number of carboxylic acid groups (broad SMARTS) is 1. The first kappa shape index (κ1) is 35.7. The van der Waals surface area contributed by atoms with Crippen LogP contribution in [0, 0.1) is 18.2 Å². The lowest BCUT2D eigenvalue weighted by Gasteiger charge is -2.40. The summed E-state index contributed by atoms with van der Waals surface area (Å²) in [5.74, 6) is -1.87. The van der Waals surface area contributed by atoms with Crippen molar-refractivity contribution in [3.8, 4) is 17.0 Å². The van der Waals surface area contributed by atoms with E-state index in [0.29, 0.717) is 35.6 Å². The fourth-order valence-electron chi connectivity index (χ4n) is 4.74. The van der Waals surface area contributed by atoms with Gasteiger partial charge in [0.2, 0.25) is 0 Å². The topological polar surface area (TPSA) is 95.8 Å². The zero-order valence-corrected chi connectivity index (χ0v) is 26.8. The quantitative estimate of drug-likeness (QED) is 0.234. The number of hydrogen-bond acceptors (Lipinski definition) is 6.